The second-order valence-corrected chi connectivity index (χ2v) is 5.51. The number of carboxylic acids is 1. The zero-order valence-electron chi connectivity index (χ0n) is 12.6. The van der Waals surface area contributed by atoms with Crippen molar-refractivity contribution in [1.29, 1.82) is 0 Å². The van der Waals surface area contributed by atoms with E-state index in [-0.39, 0.29) is 5.92 Å². The van der Waals surface area contributed by atoms with Crippen molar-refractivity contribution >= 4 is 18.0 Å². The molecular weight excluding hydrogens is 266 g/mol. The normalized spacial score (nSPS) is 14.1. The van der Waals surface area contributed by atoms with Gasteiger partial charge < -0.3 is 19.9 Å². The molecule has 2 N–H and O–H groups in total. The third-order valence-corrected chi connectivity index (χ3v) is 2.48. The molecule has 1 amide bonds. The van der Waals surface area contributed by atoms with Crippen LogP contribution in [0, 0.1) is 5.92 Å². The van der Waals surface area contributed by atoms with E-state index < -0.39 is 36.3 Å². The Hall–Kier alpha value is -1.79. The number of aliphatic carboxylic acids is 1. The first kappa shape index (κ1) is 18.2. The van der Waals surface area contributed by atoms with Crippen LogP contribution in [0.3, 0.4) is 0 Å². The lowest BCUT2D eigenvalue weighted by Gasteiger charge is -2.25. The first-order valence-electron chi connectivity index (χ1n) is 6.44. The molecule has 0 aromatic carbocycles. The summed E-state index contributed by atoms with van der Waals surface area (Å²) in [6, 6.07) is -0.936. The summed E-state index contributed by atoms with van der Waals surface area (Å²) in [5.74, 6) is -2.24. The van der Waals surface area contributed by atoms with Crippen LogP contribution in [-0.4, -0.2) is 41.4 Å². The molecule has 0 radical (unpaired) electrons. The Labute approximate surface area is 118 Å². The number of rotatable bonds is 6. The van der Waals surface area contributed by atoms with Gasteiger partial charge in [-0.2, -0.15) is 0 Å². The zero-order chi connectivity index (χ0) is 15.9. The second kappa shape index (κ2) is 7.72. The average Bonchev–Trinajstić information content (AvgIpc) is 2.29. The minimum Gasteiger partial charge on any atom is -0.479 e. The number of ether oxygens (including phenoxy) is 2. The fourth-order valence-electron chi connectivity index (χ4n) is 1.33. The maximum atomic E-state index is 11.8. The molecule has 0 aliphatic heterocycles. The van der Waals surface area contributed by atoms with Crippen LogP contribution in [0.15, 0.2) is 0 Å². The summed E-state index contributed by atoms with van der Waals surface area (Å²) in [5.41, 5.74) is -0.685. The summed E-state index contributed by atoms with van der Waals surface area (Å²) in [6.07, 6.45) is -0.127. The van der Waals surface area contributed by atoms with Crippen molar-refractivity contribution in [3.8, 4) is 0 Å². The molecule has 116 valence electrons. The minimum atomic E-state index is -1.25. The molecule has 0 bridgehead atoms. The molecule has 0 unspecified atom stereocenters. The lowest BCUT2D eigenvalue weighted by molar-refractivity contribution is -0.157. The predicted octanol–water partition coefficient (Wildman–Crippen LogP) is 1.55. The summed E-state index contributed by atoms with van der Waals surface area (Å²) >= 11 is 0. The zero-order valence-corrected chi connectivity index (χ0v) is 12.6. The molecule has 0 spiro atoms. The summed E-state index contributed by atoms with van der Waals surface area (Å²) in [6.45, 7) is 7.97. The monoisotopic (exact) mass is 289 g/mol. The highest BCUT2D eigenvalue weighted by Gasteiger charge is 2.29. The van der Waals surface area contributed by atoms with E-state index in [9.17, 15) is 14.4 Å². The average molecular weight is 289 g/mol. The van der Waals surface area contributed by atoms with E-state index in [0.29, 0.717) is 6.42 Å². The maximum absolute atomic E-state index is 11.8. The quantitative estimate of drug-likeness (QED) is 0.719. The highest BCUT2D eigenvalue weighted by Crippen LogP contribution is 2.12. The number of nitrogens with one attached hydrogen (secondary N) is 1. The Morgan fingerprint density at radius 3 is 2.20 bits per heavy atom. The van der Waals surface area contributed by atoms with Gasteiger partial charge in [0.1, 0.15) is 11.6 Å². The van der Waals surface area contributed by atoms with Crippen molar-refractivity contribution in [2.45, 2.75) is 52.7 Å². The van der Waals surface area contributed by atoms with Crippen LogP contribution in [0.25, 0.3) is 0 Å². The van der Waals surface area contributed by atoms with Crippen molar-refractivity contribution < 1.29 is 29.0 Å². The summed E-state index contributed by atoms with van der Waals surface area (Å²) < 4.78 is 9.68. The van der Waals surface area contributed by atoms with Gasteiger partial charge in [0, 0.05) is 0 Å². The molecule has 20 heavy (non-hydrogen) atoms. The Morgan fingerprint density at radius 1 is 1.25 bits per heavy atom. The molecule has 0 heterocycles. The van der Waals surface area contributed by atoms with Crippen molar-refractivity contribution in [3.63, 3.8) is 0 Å². The van der Waals surface area contributed by atoms with E-state index in [1.165, 1.54) is 0 Å². The van der Waals surface area contributed by atoms with Crippen molar-refractivity contribution in [1.82, 2.24) is 5.32 Å². The van der Waals surface area contributed by atoms with Crippen molar-refractivity contribution in [2.75, 3.05) is 6.61 Å². The van der Waals surface area contributed by atoms with Gasteiger partial charge in [-0.05, 0) is 26.7 Å². The summed E-state index contributed by atoms with van der Waals surface area (Å²) in [5, 5.41) is 10.9. The number of alkyl carbamates (subject to hydrolysis) is 1. The number of esters is 1. The molecule has 0 fully saturated rings. The first-order valence-corrected chi connectivity index (χ1v) is 6.44. The van der Waals surface area contributed by atoms with Crippen LogP contribution in [0.2, 0.25) is 0 Å². The SMILES string of the molecule is CC[C@H](C)[C@H](NC(=O)OC(C)(C)C)C(=O)OCC(=O)O. The van der Waals surface area contributed by atoms with Gasteiger partial charge >= 0.3 is 18.0 Å². The lowest BCUT2D eigenvalue weighted by atomic mass is 9.99. The maximum Gasteiger partial charge on any atom is 0.408 e. The number of hydrogen-bond donors (Lipinski definition) is 2. The van der Waals surface area contributed by atoms with Crippen LogP contribution < -0.4 is 5.32 Å². The van der Waals surface area contributed by atoms with E-state index in [1.54, 1.807) is 27.7 Å². The van der Waals surface area contributed by atoms with Crippen molar-refractivity contribution in [3.05, 3.63) is 0 Å². The summed E-state index contributed by atoms with van der Waals surface area (Å²) in [4.78, 5) is 33.9. The number of carbonyl (C=O) groups is 3. The Kier molecular flexibility index (Phi) is 7.02. The topological polar surface area (TPSA) is 102 Å². The largest absolute Gasteiger partial charge is 0.479 e. The molecule has 2 atom stereocenters. The fraction of sp³-hybridized carbons (Fsp3) is 0.769. The van der Waals surface area contributed by atoms with E-state index >= 15 is 0 Å². The Morgan fingerprint density at radius 2 is 1.80 bits per heavy atom. The van der Waals surface area contributed by atoms with Crippen LogP contribution >= 0.6 is 0 Å². The van der Waals surface area contributed by atoms with Crippen LogP contribution in [0.1, 0.15) is 41.0 Å². The van der Waals surface area contributed by atoms with Gasteiger partial charge in [0.05, 0.1) is 0 Å². The number of carbonyl (C=O) groups excluding carboxylic acids is 2. The van der Waals surface area contributed by atoms with Crippen LogP contribution in [0.5, 0.6) is 0 Å². The van der Waals surface area contributed by atoms with E-state index in [1.807, 2.05) is 6.92 Å². The summed E-state index contributed by atoms with van der Waals surface area (Å²) in [7, 11) is 0. The van der Waals surface area contributed by atoms with Gasteiger partial charge in [-0.1, -0.05) is 20.3 Å². The molecule has 0 aliphatic carbocycles. The molecule has 7 nitrogen and oxygen atoms in total. The third-order valence-electron chi connectivity index (χ3n) is 2.48. The fourth-order valence-corrected chi connectivity index (χ4v) is 1.33. The second-order valence-electron chi connectivity index (χ2n) is 5.51. The smallest absolute Gasteiger partial charge is 0.408 e. The van der Waals surface area contributed by atoms with Gasteiger partial charge in [-0.3, -0.25) is 0 Å². The van der Waals surface area contributed by atoms with Gasteiger partial charge in [0.2, 0.25) is 0 Å². The number of amides is 1. The first-order chi connectivity index (χ1) is 9.06. The van der Waals surface area contributed by atoms with Gasteiger partial charge in [0.25, 0.3) is 0 Å². The number of hydrogen-bond acceptors (Lipinski definition) is 5. The highest BCUT2D eigenvalue weighted by atomic mass is 16.6. The van der Waals surface area contributed by atoms with E-state index in [2.05, 4.69) is 10.1 Å². The molecule has 0 rings (SSSR count). The number of carboxylic acid groups (broad SMARTS) is 1. The van der Waals surface area contributed by atoms with Crippen molar-refractivity contribution in [2.24, 2.45) is 5.92 Å². The molecule has 0 aromatic rings. The van der Waals surface area contributed by atoms with Gasteiger partial charge in [-0.15, -0.1) is 0 Å². The lowest BCUT2D eigenvalue weighted by Crippen LogP contribution is -2.48. The van der Waals surface area contributed by atoms with Gasteiger partial charge in [0.15, 0.2) is 6.61 Å². The van der Waals surface area contributed by atoms with Gasteiger partial charge in [-0.25, -0.2) is 14.4 Å². The molecule has 7 heteroatoms. The third kappa shape index (κ3) is 7.60. The molecular formula is C13H23NO6. The molecule has 0 saturated heterocycles. The van der Waals surface area contributed by atoms with E-state index in [4.69, 9.17) is 9.84 Å². The molecule has 0 saturated carbocycles. The Balaban J connectivity index is 4.68. The minimum absolute atomic E-state index is 0.205. The van der Waals surface area contributed by atoms with Crippen LogP contribution in [-0.2, 0) is 19.1 Å². The Bertz CT molecular complexity index is 360. The highest BCUT2D eigenvalue weighted by molar-refractivity contribution is 5.83. The predicted molar refractivity (Wildman–Crippen MR) is 71.2 cm³/mol. The standard InChI is InChI=1S/C13H23NO6/c1-6-8(2)10(11(17)19-7-9(15)16)14-12(18)20-13(3,4)5/h8,10H,6-7H2,1-5H3,(H,14,18)(H,15,16)/t8-,10-/m0/s1. The van der Waals surface area contributed by atoms with E-state index in [0.717, 1.165) is 0 Å². The molecule has 0 aliphatic rings. The molecule has 0 aromatic heterocycles. The van der Waals surface area contributed by atoms with Crippen LogP contribution in [0.4, 0.5) is 4.79 Å².